The van der Waals surface area contributed by atoms with E-state index in [4.69, 9.17) is 17.0 Å². The molecular formula is C20H20N2O4S3. The number of thiocarbonyl (C=S) groups is 1. The predicted octanol–water partition coefficient (Wildman–Crippen LogP) is 4.04. The summed E-state index contributed by atoms with van der Waals surface area (Å²) in [6, 6.07) is 8.46. The lowest BCUT2D eigenvalue weighted by atomic mass is 10.1. The van der Waals surface area contributed by atoms with E-state index in [2.05, 4.69) is 4.98 Å². The van der Waals surface area contributed by atoms with E-state index in [0.29, 0.717) is 40.6 Å². The molecule has 0 bridgehead atoms. The molecule has 1 saturated heterocycles. The second kappa shape index (κ2) is 9.60. The van der Waals surface area contributed by atoms with Crippen molar-refractivity contribution in [1.82, 2.24) is 9.88 Å². The number of hydrogen-bond donors (Lipinski definition) is 1. The number of aliphatic carboxylic acids is 1. The van der Waals surface area contributed by atoms with Crippen LogP contribution in [-0.2, 0) is 9.59 Å². The lowest BCUT2D eigenvalue weighted by Crippen LogP contribution is -2.44. The van der Waals surface area contributed by atoms with E-state index >= 15 is 0 Å². The number of carbonyl (C=O) groups is 2. The number of benzene rings is 1. The molecular weight excluding hydrogens is 428 g/mol. The second-order valence-corrected chi connectivity index (χ2v) is 8.85. The van der Waals surface area contributed by atoms with Gasteiger partial charge < -0.3 is 9.84 Å². The van der Waals surface area contributed by atoms with E-state index in [9.17, 15) is 14.7 Å². The van der Waals surface area contributed by atoms with Gasteiger partial charge in [0.25, 0.3) is 5.91 Å². The van der Waals surface area contributed by atoms with Crippen LogP contribution in [0.4, 0.5) is 0 Å². The molecule has 1 N–H and O–H groups in total. The molecule has 0 aliphatic carbocycles. The number of rotatable bonds is 8. The zero-order valence-corrected chi connectivity index (χ0v) is 18.4. The molecule has 1 atom stereocenters. The second-order valence-electron chi connectivity index (χ2n) is 6.18. The van der Waals surface area contributed by atoms with Gasteiger partial charge in [-0.25, -0.2) is 9.78 Å². The number of thioether (sulfide) groups is 2. The number of fused-ring (bicyclic) bond motifs is 1. The van der Waals surface area contributed by atoms with Crippen molar-refractivity contribution in [2.75, 3.05) is 18.6 Å². The molecule has 1 aromatic heterocycles. The Morgan fingerprint density at radius 3 is 2.90 bits per heavy atom. The van der Waals surface area contributed by atoms with Crippen molar-refractivity contribution in [2.24, 2.45) is 0 Å². The van der Waals surface area contributed by atoms with Gasteiger partial charge in [-0.15, -0.1) is 0 Å². The van der Waals surface area contributed by atoms with Crippen molar-refractivity contribution in [1.29, 1.82) is 0 Å². The molecule has 9 heteroatoms. The van der Waals surface area contributed by atoms with Crippen molar-refractivity contribution in [2.45, 2.75) is 19.4 Å². The quantitative estimate of drug-likeness (QED) is 0.479. The van der Waals surface area contributed by atoms with E-state index in [1.165, 1.54) is 16.7 Å². The Balaban J connectivity index is 1.92. The SMILES string of the molecule is CCOc1cccc2ccc(/C=C3/SC(=S)N(C(CCSC)C(=O)O)C3=O)nc12. The summed E-state index contributed by atoms with van der Waals surface area (Å²) in [7, 11) is 0. The molecule has 0 spiro atoms. The maximum absolute atomic E-state index is 12.9. The number of carbonyl (C=O) groups excluding carboxylic acids is 1. The Morgan fingerprint density at radius 1 is 1.41 bits per heavy atom. The molecule has 0 radical (unpaired) electrons. The van der Waals surface area contributed by atoms with Crippen LogP contribution < -0.4 is 4.74 Å². The van der Waals surface area contributed by atoms with Gasteiger partial charge in [0.1, 0.15) is 21.6 Å². The highest BCUT2D eigenvalue weighted by atomic mass is 32.2. The van der Waals surface area contributed by atoms with Crippen molar-refractivity contribution < 1.29 is 19.4 Å². The van der Waals surface area contributed by atoms with Crippen LogP contribution >= 0.6 is 35.7 Å². The van der Waals surface area contributed by atoms with Crippen LogP contribution in [0.5, 0.6) is 5.75 Å². The topological polar surface area (TPSA) is 79.7 Å². The Labute approximate surface area is 182 Å². The fourth-order valence-electron chi connectivity index (χ4n) is 2.96. The number of ether oxygens (including phenoxy) is 1. The maximum Gasteiger partial charge on any atom is 0.326 e. The number of aromatic nitrogens is 1. The zero-order valence-electron chi connectivity index (χ0n) is 16.0. The third-order valence-electron chi connectivity index (χ3n) is 4.30. The minimum absolute atomic E-state index is 0.255. The molecule has 1 aliphatic rings. The number of nitrogens with zero attached hydrogens (tertiary/aromatic N) is 2. The molecule has 6 nitrogen and oxygen atoms in total. The first-order valence-electron chi connectivity index (χ1n) is 8.97. The summed E-state index contributed by atoms with van der Waals surface area (Å²) in [5.74, 6) is -0.148. The first-order valence-corrected chi connectivity index (χ1v) is 11.6. The zero-order chi connectivity index (χ0) is 21.0. The van der Waals surface area contributed by atoms with Gasteiger partial charge in [-0.2, -0.15) is 11.8 Å². The van der Waals surface area contributed by atoms with Crippen LogP contribution in [-0.4, -0.2) is 55.8 Å². The largest absolute Gasteiger partial charge is 0.492 e. The minimum atomic E-state index is -1.05. The normalized spacial score (nSPS) is 16.6. The third kappa shape index (κ3) is 4.73. The first-order chi connectivity index (χ1) is 14.0. The van der Waals surface area contributed by atoms with Crippen LogP contribution in [0.2, 0.25) is 0 Å². The van der Waals surface area contributed by atoms with E-state index in [1.54, 1.807) is 6.08 Å². The van der Waals surface area contributed by atoms with Gasteiger partial charge in [-0.3, -0.25) is 9.69 Å². The fraction of sp³-hybridized carbons (Fsp3) is 0.300. The Bertz CT molecular complexity index is 993. The standard InChI is InChI=1S/C20H20N2O4S3/c1-3-26-15-6-4-5-12-7-8-13(21-17(12)15)11-16-18(23)22(20(27)29-16)14(19(24)25)9-10-28-2/h4-8,11,14H,3,9-10H2,1-2H3,(H,24,25)/b16-11+. The number of amides is 1. The molecule has 1 aromatic carbocycles. The Morgan fingerprint density at radius 2 is 2.21 bits per heavy atom. The molecule has 1 fully saturated rings. The summed E-state index contributed by atoms with van der Waals surface area (Å²) in [6.07, 6.45) is 3.88. The summed E-state index contributed by atoms with van der Waals surface area (Å²) < 4.78 is 5.90. The summed E-state index contributed by atoms with van der Waals surface area (Å²) in [6.45, 7) is 2.43. The van der Waals surface area contributed by atoms with E-state index in [-0.39, 0.29) is 4.32 Å². The summed E-state index contributed by atoms with van der Waals surface area (Å²) >= 11 is 7.94. The van der Waals surface area contributed by atoms with E-state index < -0.39 is 17.9 Å². The van der Waals surface area contributed by atoms with Gasteiger partial charge >= 0.3 is 5.97 Å². The van der Waals surface area contributed by atoms with Crippen molar-refractivity contribution in [3.8, 4) is 5.75 Å². The average molecular weight is 449 g/mol. The fourth-order valence-corrected chi connectivity index (χ4v) is 4.76. The molecule has 1 unspecified atom stereocenters. The first kappa shape index (κ1) is 21.6. The average Bonchev–Trinajstić information content (AvgIpc) is 2.96. The number of hydrogen-bond acceptors (Lipinski definition) is 7. The molecule has 3 rings (SSSR count). The number of para-hydroxylation sites is 1. The summed E-state index contributed by atoms with van der Waals surface area (Å²) in [4.78, 5) is 30.8. The molecule has 152 valence electrons. The molecule has 2 heterocycles. The summed E-state index contributed by atoms with van der Waals surface area (Å²) in [5, 5.41) is 10.5. The van der Waals surface area contributed by atoms with Gasteiger partial charge in [0.05, 0.1) is 17.2 Å². The summed E-state index contributed by atoms with van der Waals surface area (Å²) in [5.41, 5.74) is 1.29. The highest BCUT2D eigenvalue weighted by Gasteiger charge is 2.40. The Hall–Kier alpha value is -2.10. The van der Waals surface area contributed by atoms with Crippen molar-refractivity contribution >= 4 is 68.9 Å². The van der Waals surface area contributed by atoms with Crippen LogP contribution in [0.15, 0.2) is 35.2 Å². The van der Waals surface area contributed by atoms with Gasteiger partial charge in [0.15, 0.2) is 0 Å². The van der Waals surface area contributed by atoms with Gasteiger partial charge in [-0.05, 0) is 43.6 Å². The Kier molecular flexibility index (Phi) is 7.15. The minimum Gasteiger partial charge on any atom is -0.492 e. The van der Waals surface area contributed by atoms with Gasteiger partial charge in [0.2, 0.25) is 0 Å². The van der Waals surface area contributed by atoms with Crippen LogP contribution in [0.3, 0.4) is 0 Å². The number of carboxylic acid groups (broad SMARTS) is 1. The maximum atomic E-state index is 12.9. The van der Waals surface area contributed by atoms with Crippen molar-refractivity contribution in [3.05, 3.63) is 40.9 Å². The highest BCUT2D eigenvalue weighted by molar-refractivity contribution is 8.26. The smallest absolute Gasteiger partial charge is 0.326 e. The predicted molar refractivity (Wildman–Crippen MR) is 122 cm³/mol. The van der Waals surface area contributed by atoms with Crippen LogP contribution in [0.1, 0.15) is 19.0 Å². The third-order valence-corrected chi connectivity index (χ3v) is 6.27. The van der Waals surface area contributed by atoms with Crippen molar-refractivity contribution in [3.63, 3.8) is 0 Å². The van der Waals surface area contributed by atoms with Crippen LogP contribution in [0.25, 0.3) is 17.0 Å². The number of pyridine rings is 1. The monoisotopic (exact) mass is 448 g/mol. The highest BCUT2D eigenvalue weighted by Crippen LogP contribution is 2.35. The molecule has 29 heavy (non-hydrogen) atoms. The molecule has 1 amide bonds. The van der Waals surface area contributed by atoms with E-state index in [0.717, 1.165) is 17.1 Å². The number of carboxylic acids is 1. The lowest BCUT2D eigenvalue weighted by molar-refractivity contribution is -0.145. The lowest BCUT2D eigenvalue weighted by Gasteiger charge is -2.22. The molecule has 0 saturated carbocycles. The molecule has 2 aromatic rings. The van der Waals surface area contributed by atoms with Crippen LogP contribution in [0, 0.1) is 0 Å². The van der Waals surface area contributed by atoms with Gasteiger partial charge in [0, 0.05) is 5.39 Å². The van der Waals surface area contributed by atoms with E-state index in [1.807, 2.05) is 43.5 Å². The molecule has 1 aliphatic heterocycles. The van der Waals surface area contributed by atoms with Gasteiger partial charge in [-0.1, -0.05) is 42.2 Å².